The zero-order valence-electron chi connectivity index (χ0n) is 12.2. The number of pyridine rings is 1. The maximum atomic E-state index is 5.86. The zero-order chi connectivity index (χ0) is 13.7. The van der Waals surface area contributed by atoms with Gasteiger partial charge in [-0.3, -0.25) is 0 Å². The SMILES string of the molecule is CN(C)c1cc(CN=C(N)NCC2CCC2)ccn1.I. The molecular weight excluding hydrogens is 365 g/mol. The maximum absolute atomic E-state index is 5.86. The Balaban J connectivity index is 0.00000200. The molecule has 1 aliphatic rings. The molecule has 6 heteroatoms. The third kappa shape index (κ3) is 5.15. The van der Waals surface area contributed by atoms with Crippen molar-refractivity contribution in [2.24, 2.45) is 16.6 Å². The Kier molecular flexibility index (Phi) is 7.04. The Bertz CT molecular complexity index is 443. The average molecular weight is 389 g/mol. The lowest BCUT2D eigenvalue weighted by atomic mass is 9.85. The number of nitrogens with one attached hydrogen (secondary N) is 1. The molecule has 1 aliphatic carbocycles. The number of hydrogen-bond donors (Lipinski definition) is 2. The molecule has 5 nitrogen and oxygen atoms in total. The van der Waals surface area contributed by atoms with Gasteiger partial charge < -0.3 is 16.0 Å². The van der Waals surface area contributed by atoms with E-state index in [1.165, 1.54) is 19.3 Å². The summed E-state index contributed by atoms with van der Waals surface area (Å²) in [5.41, 5.74) is 6.98. The lowest BCUT2D eigenvalue weighted by Crippen LogP contribution is -2.37. The molecule has 0 aromatic carbocycles. The molecule has 112 valence electrons. The van der Waals surface area contributed by atoms with Gasteiger partial charge in [0.1, 0.15) is 5.82 Å². The minimum Gasteiger partial charge on any atom is -0.370 e. The smallest absolute Gasteiger partial charge is 0.188 e. The molecule has 1 heterocycles. The van der Waals surface area contributed by atoms with E-state index in [4.69, 9.17) is 5.73 Å². The summed E-state index contributed by atoms with van der Waals surface area (Å²) >= 11 is 0. The predicted octanol–water partition coefficient (Wildman–Crippen LogP) is 1.97. The number of nitrogens with zero attached hydrogens (tertiary/aromatic N) is 3. The van der Waals surface area contributed by atoms with Crippen LogP contribution in [-0.2, 0) is 6.54 Å². The molecule has 0 aliphatic heterocycles. The van der Waals surface area contributed by atoms with Gasteiger partial charge >= 0.3 is 0 Å². The number of aliphatic imine (C=N–C) groups is 1. The molecule has 0 atom stereocenters. The van der Waals surface area contributed by atoms with Gasteiger partial charge in [-0.25, -0.2) is 9.98 Å². The van der Waals surface area contributed by atoms with Crippen molar-refractivity contribution in [3.05, 3.63) is 23.9 Å². The normalized spacial score (nSPS) is 15.2. The summed E-state index contributed by atoms with van der Waals surface area (Å²) in [5.74, 6) is 2.26. The summed E-state index contributed by atoms with van der Waals surface area (Å²) in [6.07, 6.45) is 5.79. The molecule has 20 heavy (non-hydrogen) atoms. The van der Waals surface area contributed by atoms with E-state index < -0.39 is 0 Å². The van der Waals surface area contributed by atoms with Crippen LogP contribution in [0.15, 0.2) is 23.3 Å². The molecule has 1 saturated carbocycles. The van der Waals surface area contributed by atoms with E-state index in [2.05, 4.69) is 15.3 Å². The number of guanidine groups is 1. The van der Waals surface area contributed by atoms with Crippen LogP contribution in [0, 0.1) is 5.92 Å². The largest absolute Gasteiger partial charge is 0.370 e. The zero-order valence-corrected chi connectivity index (χ0v) is 14.5. The van der Waals surface area contributed by atoms with Crippen molar-refractivity contribution in [2.45, 2.75) is 25.8 Å². The number of nitrogens with two attached hydrogens (primary N) is 1. The molecule has 0 unspecified atom stereocenters. The molecule has 3 N–H and O–H groups in total. The summed E-state index contributed by atoms with van der Waals surface area (Å²) < 4.78 is 0. The fraction of sp³-hybridized carbons (Fsp3) is 0.571. The summed E-state index contributed by atoms with van der Waals surface area (Å²) in [5, 5.41) is 3.19. The first-order chi connectivity index (χ1) is 9.15. The minimum atomic E-state index is 0. The number of aromatic nitrogens is 1. The van der Waals surface area contributed by atoms with Crippen LogP contribution in [0.4, 0.5) is 5.82 Å². The molecule has 0 bridgehead atoms. The van der Waals surface area contributed by atoms with Crippen LogP contribution in [0.25, 0.3) is 0 Å². The van der Waals surface area contributed by atoms with E-state index in [9.17, 15) is 0 Å². The molecule has 1 aromatic rings. The van der Waals surface area contributed by atoms with E-state index in [-0.39, 0.29) is 24.0 Å². The Morgan fingerprint density at radius 3 is 2.85 bits per heavy atom. The third-order valence-corrected chi connectivity index (χ3v) is 3.50. The molecule has 0 radical (unpaired) electrons. The second-order valence-electron chi connectivity index (χ2n) is 5.30. The number of hydrogen-bond acceptors (Lipinski definition) is 3. The molecule has 0 amide bonds. The van der Waals surface area contributed by atoms with Crippen LogP contribution in [0.1, 0.15) is 24.8 Å². The van der Waals surface area contributed by atoms with Gasteiger partial charge in [-0.05, 0) is 36.5 Å². The van der Waals surface area contributed by atoms with E-state index in [0.29, 0.717) is 12.5 Å². The predicted molar refractivity (Wildman–Crippen MR) is 94.6 cm³/mol. The highest BCUT2D eigenvalue weighted by Gasteiger charge is 2.16. The van der Waals surface area contributed by atoms with Gasteiger partial charge in [0.25, 0.3) is 0 Å². The first kappa shape index (κ1) is 17.0. The van der Waals surface area contributed by atoms with E-state index >= 15 is 0 Å². The third-order valence-electron chi connectivity index (χ3n) is 3.50. The lowest BCUT2D eigenvalue weighted by Gasteiger charge is -2.25. The second kappa shape index (κ2) is 8.28. The quantitative estimate of drug-likeness (QED) is 0.459. The summed E-state index contributed by atoms with van der Waals surface area (Å²) in [7, 11) is 3.95. The Morgan fingerprint density at radius 1 is 1.50 bits per heavy atom. The Hall–Kier alpha value is -1.05. The number of halogens is 1. The van der Waals surface area contributed by atoms with Gasteiger partial charge in [0.05, 0.1) is 6.54 Å². The number of anilines is 1. The summed E-state index contributed by atoms with van der Waals surface area (Å²) in [4.78, 5) is 10.6. The van der Waals surface area contributed by atoms with Gasteiger partial charge in [-0.15, -0.1) is 24.0 Å². The monoisotopic (exact) mass is 389 g/mol. The van der Waals surface area contributed by atoms with Crippen molar-refractivity contribution in [2.75, 3.05) is 25.5 Å². The van der Waals surface area contributed by atoms with Crippen molar-refractivity contribution >= 4 is 35.8 Å². The van der Waals surface area contributed by atoms with Gasteiger partial charge in [-0.1, -0.05) is 6.42 Å². The summed E-state index contributed by atoms with van der Waals surface area (Å²) in [6, 6.07) is 4.00. The first-order valence-corrected chi connectivity index (χ1v) is 6.81. The topological polar surface area (TPSA) is 66.5 Å². The Labute approximate surface area is 138 Å². The van der Waals surface area contributed by atoms with Gasteiger partial charge in [0.2, 0.25) is 0 Å². The van der Waals surface area contributed by atoms with Crippen molar-refractivity contribution < 1.29 is 0 Å². The minimum absolute atomic E-state index is 0. The van der Waals surface area contributed by atoms with Crippen molar-refractivity contribution in [1.82, 2.24) is 10.3 Å². The van der Waals surface area contributed by atoms with E-state index in [1.807, 2.05) is 31.1 Å². The van der Waals surface area contributed by atoms with E-state index in [1.54, 1.807) is 6.20 Å². The fourth-order valence-electron chi connectivity index (χ4n) is 1.98. The van der Waals surface area contributed by atoms with Crippen LogP contribution in [0.5, 0.6) is 0 Å². The molecular formula is C14H24IN5. The molecule has 2 rings (SSSR count). The van der Waals surface area contributed by atoms with Crippen LogP contribution >= 0.6 is 24.0 Å². The van der Waals surface area contributed by atoms with Crippen molar-refractivity contribution in [3.63, 3.8) is 0 Å². The standard InChI is InChI=1S/C14H23N5.HI/c1-19(2)13-8-12(6-7-16-13)10-18-14(15)17-9-11-4-3-5-11;/h6-8,11H,3-5,9-10H2,1-2H3,(H3,15,17,18);1H. The first-order valence-electron chi connectivity index (χ1n) is 6.81. The van der Waals surface area contributed by atoms with Gasteiger partial charge in [-0.2, -0.15) is 0 Å². The Morgan fingerprint density at radius 2 is 2.25 bits per heavy atom. The second-order valence-corrected chi connectivity index (χ2v) is 5.30. The number of rotatable bonds is 5. The average Bonchev–Trinajstić information content (AvgIpc) is 2.35. The fourth-order valence-corrected chi connectivity index (χ4v) is 1.98. The highest BCUT2D eigenvalue weighted by Crippen LogP contribution is 2.24. The molecule has 1 aromatic heterocycles. The maximum Gasteiger partial charge on any atom is 0.188 e. The highest BCUT2D eigenvalue weighted by molar-refractivity contribution is 14.0. The van der Waals surface area contributed by atoms with E-state index in [0.717, 1.165) is 23.8 Å². The molecule has 1 fully saturated rings. The van der Waals surface area contributed by atoms with Crippen LogP contribution in [-0.4, -0.2) is 31.6 Å². The van der Waals surface area contributed by atoms with Crippen LogP contribution in [0.2, 0.25) is 0 Å². The summed E-state index contributed by atoms with van der Waals surface area (Å²) in [6.45, 7) is 1.54. The van der Waals surface area contributed by atoms with Crippen LogP contribution < -0.4 is 16.0 Å². The van der Waals surface area contributed by atoms with Crippen molar-refractivity contribution in [1.29, 1.82) is 0 Å². The van der Waals surface area contributed by atoms with Gasteiger partial charge in [0.15, 0.2) is 5.96 Å². The molecule has 0 saturated heterocycles. The highest BCUT2D eigenvalue weighted by atomic mass is 127. The molecule has 0 spiro atoms. The van der Waals surface area contributed by atoms with Gasteiger partial charge in [0, 0.05) is 26.8 Å². The van der Waals surface area contributed by atoms with Crippen molar-refractivity contribution in [3.8, 4) is 0 Å². The van der Waals surface area contributed by atoms with Crippen LogP contribution in [0.3, 0.4) is 0 Å². The lowest BCUT2D eigenvalue weighted by molar-refractivity contribution is 0.315.